The van der Waals surface area contributed by atoms with Gasteiger partial charge in [0, 0.05) is 19.6 Å². The molecule has 4 saturated carbocycles. The number of amides is 1. The summed E-state index contributed by atoms with van der Waals surface area (Å²) in [4.78, 5) is 25.7. The molecule has 0 aromatic heterocycles. The van der Waals surface area contributed by atoms with Crippen LogP contribution < -0.4 is 5.32 Å². The number of carbonyl (C=O) groups excluding carboxylic acids is 1. The van der Waals surface area contributed by atoms with Crippen LogP contribution >= 0.6 is 0 Å². The maximum atomic E-state index is 12.5. The van der Waals surface area contributed by atoms with Crippen LogP contribution in [0.5, 0.6) is 0 Å². The van der Waals surface area contributed by atoms with Crippen molar-refractivity contribution in [2.24, 2.45) is 45.8 Å². The van der Waals surface area contributed by atoms with Crippen molar-refractivity contribution in [1.82, 2.24) is 10.2 Å². The van der Waals surface area contributed by atoms with Gasteiger partial charge in [-0.15, -0.1) is 0 Å². The Kier molecular flexibility index (Phi) is 7.03. The van der Waals surface area contributed by atoms with Gasteiger partial charge in [0.15, 0.2) is 0 Å². The lowest BCUT2D eigenvalue weighted by molar-refractivity contribution is -0.173. The lowest BCUT2D eigenvalue weighted by Gasteiger charge is -2.68. The predicted octanol–water partition coefficient (Wildman–Crippen LogP) is 7.27. The fourth-order valence-electron chi connectivity index (χ4n) is 11.8. The molecule has 5 aliphatic carbocycles. The van der Waals surface area contributed by atoms with Gasteiger partial charge in [0.25, 0.3) is 0 Å². The van der Waals surface area contributed by atoms with Gasteiger partial charge in [-0.25, -0.2) is 4.79 Å². The Hall–Kier alpha value is -2.14. The summed E-state index contributed by atoms with van der Waals surface area (Å²) < 4.78 is 0. The SMILES string of the molecule is CN(C)C(=O)CNC12CCCC1C1CCC3C(C)(CCC4C(C)(C)C(c5ccc(C(=O)O)cc5)=CCC43C)C1CC2. The Bertz CT molecular complexity index is 1230. The molecule has 1 aromatic rings. The summed E-state index contributed by atoms with van der Waals surface area (Å²) in [7, 11) is 3.73. The van der Waals surface area contributed by atoms with Crippen molar-refractivity contribution in [1.29, 1.82) is 0 Å². The van der Waals surface area contributed by atoms with Gasteiger partial charge in [-0.05, 0) is 127 Å². The number of nitrogens with one attached hydrogen (secondary N) is 1. The minimum absolute atomic E-state index is 0.0476. The lowest BCUT2D eigenvalue weighted by Crippen LogP contribution is -2.64. The largest absolute Gasteiger partial charge is 0.478 e. The highest BCUT2D eigenvalue weighted by Gasteiger charge is 2.65. The van der Waals surface area contributed by atoms with Gasteiger partial charge in [-0.1, -0.05) is 52.3 Å². The van der Waals surface area contributed by atoms with Crippen molar-refractivity contribution in [3.05, 3.63) is 41.5 Å². The molecule has 4 fully saturated rings. The third-order valence-electron chi connectivity index (χ3n) is 13.6. The van der Waals surface area contributed by atoms with Gasteiger partial charge < -0.3 is 15.3 Å². The fourth-order valence-corrected chi connectivity index (χ4v) is 11.8. The van der Waals surface area contributed by atoms with Crippen molar-refractivity contribution in [3.8, 4) is 0 Å². The molecule has 0 bridgehead atoms. The van der Waals surface area contributed by atoms with E-state index in [9.17, 15) is 14.7 Å². The third-order valence-corrected chi connectivity index (χ3v) is 13.6. The number of carbonyl (C=O) groups is 2. The number of likely N-dealkylation sites (N-methyl/N-ethyl adjacent to an activating group) is 1. The molecule has 0 radical (unpaired) electrons. The molecule has 1 aromatic carbocycles. The van der Waals surface area contributed by atoms with Gasteiger partial charge in [0.1, 0.15) is 0 Å². The molecule has 8 unspecified atom stereocenters. The zero-order valence-electron chi connectivity index (χ0n) is 26.3. The number of hydrogen-bond donors (Lipinski definition) is 2. The summed E-state index contributed by atoms with van der Waals surface area (Å²) in [5.74, 6) is 2.97. The van der Waals surface area contributed by atoms with Gasteiger partial charge >= 0.3 is 5.97 Å². The van der Waals surface area contributed by atoms with E-state index in [0.29, 0.717) is 29.4 Å². The van der Waals surface area contributed by atoms with Crippen LogP contribution in [0.3, 0.4) is 0 Å². The van der Waals surface area contributed by atoms with Crippen LogP contribution in [0.15, 0.2) is 30.3 Å². The zero-order valence-corrected chi connectivity index (χ0v) is 26.3. The van der Waals surface area contributed by atoms with Crippen LogP contribution in [0.2, 0.25) is 0 Å². The number of benzene rings is 1. The first-order valence-corrected chi connectivity index (χ1v) is 16.3. The van der Waals surface area contributed by atoms with Crippen molar-refractivity contribution in [2.75, 3.05) is 20.6 Å². The average molecular weight is 561 g/mol. The molecule has 5 aliphatic rings. The molecule has 0 aliphatic heterocycles. The molecule has 6 rings (SSSR count). The number of rotatable bonds is 5. The first-order valence-electron chi connectivity index (χ1n) is 16.3. The fraction of sp³-hybridized carbons (Fsp3) is 0.722. The Morgan fingerprint density at radius 1 is 0.878 bits per heavy atom. The molecular weight excluding hydrogens is 508 g/mol. The summed E-state index contributed by atoms with van der Waals surface area (Å²) in [6, 6.07) is 7.57. The Labute approximate surface area is 247 Å². The van der Waals surface area contributed by atoms with Crippen LogP contribution in [-0.4, -0.2) is 48.1 Å². The number of fused-ring (bicyclic) bond motifs is 7. The second-order valence-electron chi connectivity index (χ2n) is 15.8. The van der Waals surface area contributed by atoms with E-state index in [0.717, 1.165) is 24.2 Å². The summed E-state index contributed by atoms with van der Waals surface area (Å²) >= 11 is 0. The minimum Gasteiger partial charge on any atom is -0.478 e. The van der Waals surface area contributed by atoms with Crippen LogP contribution in [0.1, 0.15) is 108 Å². The van der Waals surface area contributed by atoms with Gasteiger partial charge in [0.05, 0.1) is 12.1 Å². The highest BCUT2D eigenvalue weighted by Crippen LogP contribution is 2.72. The molecule has 0 heterocycles. The average Bonchev–Trinajstić information content (AvgIpc) is 3.36. The molecule has 5 heteroatoms. The van der Waals surface area contributed by atoms with E-state index in [2.05, 4.69) is 39.1 Å². The third kappa shape index (κ3) is 4.34. The molecule has 5 nitrogen and oxygen atoms in total. The number of aromatic carboxylic acids is 1. The minimum atomic E-state index is -0.862. The van der Waals surface area contributed by atoms with E-state index in [-0.39, 0.29) is 22.3 Å². The smallest absolute Gasteiger partial charge is 0.335 e. The van der Waals surface area contributed by atoms with Crippen molar-refractivity contribution in [2.45, 2.75) is 97.4 Å². The molecule has 8 atom stereocenters. The summed E-state index contributed by atoms with van der Waals surface area (Å²) in [5, 5.41) is 13.3. The van der Waals surface area contributed by atoms with E-state index in [1.807, 2.05) is 26.2 Å². The lowest BCUT2D eigenvalue weighted by atomic mass is 9.37. The summed E-state index contributed by atoms with van der Waals surface area (Å²) in [5.41, 5.74) is 3.82. The van der Waals surface area contributed by atoms with E-state index >= 15 is 0 Å². The van der Waals surface area contributed by atoms with E-state index in [4.69, 9.17) is 0 Å². The van der Waals surface area contributed by atoms with E-state index < -0.39 is 5.97 Å². The quantitative estimate of drug-likeness (QED) is 0.397. The second kappa shape index (κ2) is 9.96. The van der Waals surface area contributed by atoms with Gasteiger partial charge in [0.2, 0.25) is 5.91 Å². The molecule has 0 spiro atoms. The number of carboxylic acids is 1. The van der Waals surface area contributed by atoms with E-state index in [1.165, 1.54) is 68.9 Å². The monoisotopic (exact) mass is 560 g/mol. The van der Waals surface area contributed by atoms with Crippen molar-refractivity contribution >= 4 is 17.4 Å². The van der Waals surface area contributed by atoms with Crippen molar-refractivity contribution in [3.63, 3.8) is 0 Å². The molecule has 2 N–H and O–H groups in total. The normalized spacial score (nSPS) is 40.8. The number of carboxylic acid groups (broad SMARTS) is 1. The van der Waals surface area contributed by atoms with Crippen LogP contribution in [0.4, 0.5) is 0 Å². The summed E-state index contributed by atoms with van der Waals surface area (Å²) in [6.07, 6.45) is 15.3. The topological polar surface area (TPSA) is 69.6 Å². The molecule has 224 valence electrons. The van der Waals surface area contributed by atoms with Gasteiger partial charge in [-0.3, -0.25) is 4.79 Å². The molecule has 0 saturated heterocycles. The second-order valence-corrected chi connectivity index (χ2v) is 15.8. The summed E-state index contributed by atoms with van der Waals surface area (Å²) in [6.45, 7) is 10.7. The highest BCUT2D eigenvalue weighted by molar-refractivity contribution is 5.88. The Balaban J connectivity index is 1.26. The number of nitrogens with zero attached hydrogens (tertiary/aromatic N) is 1. The standard InChI is InChI=1S/C36H52N2O3/c1-33(2)26(23-9-11-24(12-10-23)32(40)41)15-19-35(4)29(33)17-20-34(3)27-16-21-36(37-22-31(39)38(5)6)18-7-8-28(36)25(27)13-14-30(34)35/h9-12,15,25,27-30,37H,7-8,13-14,16-22H2,1-6H3,(H,40,41). The van der Waals surface area contributed by atoms with Crippen molar-refractivity contribution < 1.29 is 14.7 Å². The Morgan fingerprint density at radius 2 is 1.61 bits per heavy atom. The Morgan fingerprint density at radius 3 is 2.29 bits per heavy atom. The first kappa shape index (κ1) is 29.0. The molecule has 1 amide bonds. The van der Waals surface area contributed by atoms with Crippen LogP contribution in [0.25, 0.3) is 5.57 Å². The molecule has 41 heavy (non-hydrogen) atoms. The van der Waals surface area contributed by atoms with Gasteiger partial charge in [-0.2, -0.15) is 0 Å². The highest BCUT2D eigenvalue weighted by atomic mass is 16.4. The van der Waals surface area contributed by atoms with Crippen LogP contribution in [0, 0.1) is 45.8 Å². The van der Waals surface area contributed by atoms with Crippen LogP contribution in [-0.2, 0) is 4.79 Å². The zero-order chi connectivity index (χ0) is 29.4. The number of allylic oxidation sites excluding steroid dienone is 2. The maximum Gasteiger partial charge on any atom is 0.335 e. The first-order chi connectivity index (χ1) is 19.3. The predicted molar refractivity (Wildman–Crippen MR) is 164 cm³/mol. The number of hydrogen-bond acceptors (Lipinski definition) is 3. The molecular formula is C36H52N2O3. The maximum absolute atomic E-state index is 12.5. The van der Waals surface area contributed by atoms with E-state index in [1.54, 1.807) is 17.0 Å².